The Labute approximate surface area is 114 Å². The van der Waals surface area contributed by atoms with Gasteiger partial charge in [0.25, 0.3) is 0 Å². The van der Waals surface area contributed by atoms with Gasteiger partial charge in [0.05, 0.1) is 9.40 Å². The first kappa shape index (κ1) is 13.2. The second-order valence-corrected chi connectivity index (χ2v) is 5.83. The van der Waals surface area contributed by atoms with Crippen LogP contribution in [0.4, 0.5) is 11.4 Å². The zero-order valence-corrected chi connectivity index (χ0v) is 11.9. The zero-order valence-electron chi connectivity index (χ0n) is 10.3. The molecule has 0 amide bonds. The molecule has 0 radical (unpaired) electrons. The average molecular weight is 315 g/mol. The van der Waals surface area contributed by atoms with E-state index in [0.717, 1.165) is 19.6 Å². The molecule has 1 aromatic rings. The van der Waals surface area contributed by atoms with Crippen molar-refractivity contribution in [3.8, 4) is 0 Å². The minimum atomic E-state index is -0.387. The molecule has 0 spiro atoms. The summed E-state index contributed by atoms with van der Waals surface area (Å²) >= 11 is 3.36. The molecular formula is C11H15BrN4O2. The quantitative estimate of drug-likeness (QED) is 0.667. The van der Waals surface area contributed by atoms with Crippen LogP contribution < -0.4 is 10.2 Å². The number of rotatable bonds is 2. The van der Waals surface area contributed by atoms with Gasteiger partial charge in [-0.05, 0) is 29.8 Å². The smallest absolute Gasteiger partial charge is 0.311 e. The number of anilines is 1. The molecule has 0 unspecified atom stereocenters. The highest BCUT2D eigenvalue weighted by atomic mass is 79.9. The first-order valence-electron chi connectivity index (χ1n) is 5.68. The van der Waals surface area contributed by atoms with Crippen LogP contribution in [0.3, 0.4) is 0 Å². The lowest BCUT2D eigenvalue weighted by Crippen LogP contribution is -2.57. The van der Waals surface area contributed by atoms with Crippen molar-refractivity contribution < 1.29 is 4.92 Å². The monoisotopic (exact) mass is 314 g/mol. The molecule has 1 aromatic heterocycles. The summed E-state index contributed by atoms with van der Waals surface area (Å²) in [5.41, 5.74) is 0.598. The van der Waals surface area contributed by atoms with Gasteiger partial charge in [-0.2, -0.15) is 0 Å². The summed E-state index contributed by atoms with van der Waals surface area (Å²) in [6.45, 7) is 6.43. The second-order valence-electron chi connectivity index (χ2n) is 4.98. The van der Waals surface area contributed by atoms with Gasteiger partial charge in [-0.1, -0.05) is 0 Å². The van der Waals surface area contributed by atoms with Gasteiger partial charge in [-0.3, -0.25) is 15.1 Å². The van der Waals surface area contributed by atoms with E-state index in [2.05, 4.69) is 40.1 Å². The van der Waals surface area contributed by atoms with Crippen molar-refractivity contribution in [3.63, 3.8) is 0 Å². The van der Waals surface area contributed by atoms with E-state index in [1.807, 2.05) is 4.90 Å². The van der Waals surface area contributed by atoms with Crippen LogP contribution >= 0.6 is 15.9 Å². The van der Waals surface area contributed by atoms with Crippen molar-refractivity contribution in [1.82, 2.24) is 10.3 Å². The highest BCUT2D eigenvalue weighted by Crippen LogP contribution is 2.35. The molecular weight excluding hydrogens is 300 g/mol. The molecule has 6 nitrogen and oxygen atoms in total. The summed E-state index contributed by atoms with van der Waals surface area (Å²) in [5.74, 6) is 0. The first-order valence-corrected chi connectivity index (χ1v) is 6.48. The number of pyridine rings is 1. The Hall–Kier alpha value is -1.21. The molecule has 1 fully saturated rings. The van der Waals surface area contributed by atoms with Crippen LogP contribution in [-0.4, -0.2) is 35.1 Å². The van der Waals surface area contributed by atoms with Gasteiger partial charge in [-0.15, -0.1) is 0 Å². The summed E-state index contributed by atoms with van der Waals surface area (Å²) in [5, 5.41) is 14.5. The van der Waals surface area contributed by atoms with E-state index in [9.17, 15) is 10.1 Å². The number of piperazine rings is 1. The molecule has 1 aliphatic heterocycles. The van der Waals surface area contributed by atoms with Crippen molar-refractivity contribution >= 4 is 27.3 Å². The fourth-order valence-corrected chi connectivity index (χ4v) is 2.77. The second kappa shape index (κ2) is 4.81. The molecule has 0 aromatic carbocycles. The van der Waals surface area contributed by atoms with E-state index < -0.39 is 0 Å². The van der Waals surface area contributed by atoms with Gasteiger partial charge in [-0.25, -0.2) is 0 Å². The number of nitrogens with zero attached hydrogens (tertiary/aromatic N) is 3. The van der Waals surface area contributed by atoms with Crippen LogP contribution in [-0.2, 0) is 0 Å². The number of nitro groups is 1. The van der Waals surface area contributed by atoms with Crippen molar-refractivity contribution in [1.29, 1.82) is 0 Å². The van der Waals surface area contributed by atoms with Gasteiger partial charge in [0.1, 0.15) is 11.9 Å². The number of halogens is 1. The molecule has 2 heterocycles. The number of aromatic nitrogens is 1. The molecule has 1 N–H and O–H groups in total. The predicted molar refractivity (Wildman–Crippen MR) is 72.9 cm³/mol. The van der Waals surface area contributed by atoms with E-state index >= 15 is 0 Å². The first-order chi connectivity index (χ1) is 8.41. The molecule has 0 saturated carbocycles. The molecule has 98 valence electrons. The van der Waals surface area contributed by atoms with Gasteiger partial charge < -0.3 is 10.2 Å². The van der Waals surface area contributed by atoms with E-state index in [4.69, 9.17) is 0 Å². The van der Waals surface area contributed by atoms with E-state index in [0.29, 0.717) is 10.2 Å². The molecule has 2 rings (SSSR count). The van der Waals surface area contributed by atoms with Crippen molar-refractivity contribution in [2.24, 2.45) is 0 Å². The van der Waals surface area contributed by atoms with Crippen LogP contribution in [0, 0.1) is 10.1 Å². The summed E-state index contributed by atoms with van der Waals surface area (Å²) in [4.78, 5) is 16.6. The Morgan fingerprint density at radius 3 is 2.89 bits per heavy atom. The van der Waals surface area contributed by atoms with Crippen LogP contribution in [0.15, 0.2) is 16.9 Å². The maximum Gasteiger partial charge on any atom is 0.311 e. The Bertz CT molecular complexity index is 478. The van der Waals surface area contributed by atoms with Crippen LogP contribution in [0.1, 0.15) is 13.8 Å². The Balaban J connectivity index is 2.41. The Morgan fingerprint density at radius 1 is 1.56 bits per heavy atom. The molecule has 1 saturated heterocycles. The fourth-order valence-electron chi connectivity index (χ4n) is 2.20. The van der Waals surface area contributed by atoms with Crippen LogP contribution in [0.25, 0.3) is 0 Å². The largest absolute Gasteiger partial charge is 0.362 e. The zero-order chi connectivity index (χ0) is 13.3. The maximum atomic E-state index is 11.1. The normalized spacial score (nSPS) is 18.7. The lowest BCUT2D eigenvalue weighted by Gasteiger charge is -2.40. The molecule has 1 aliphatic rings. The van der Waals surface area contributed by atoms with Crippen molar-refractivity contribution in [2.45, 2.75) is 19.4 Å². The number of hydrogen-bond donors (Lipinski definition) is 1. The van der Waals surface area contributed by atoms with Crippen LogP contribution in [0.5, 0.6) is 0 Å². The third-order valence-electron chi connectivity index (χ3n) is 2.94. The van der Waals surface area contributed by atoms with Gasteiger partial charge in [0.2, 0.25) is 0 Å². The van der Waals surface area contributed by atoms with Crippen molar-refractivity contribution in [2.75, 3.05) is 24.5 Å². The highest BCUT2D eigenvalue weighted by Gasteiger charge is 2.31. The summed E-state index contributed by atoms with van der Waals surface area (Å²) in [7, 11) is 0. The van der Waals surface area contributed by atoms with Crippen LogP contribution in [0.2, 0.25) is 0 Å². The predicted octanol–water partition coefficient (Wildman–Crippen LogP) is 1.94. The van der Waals surface area contributed by atoms with Gasteiger partial charge >= 0.3 is 5.69 Å². The third-order valence-corrected chi connectivity index (χ3v) is 3.52. The molecule has 7 heteroatoms. The van der Waals surface area contributed by atoms with Gasteiger partial charge in [0, 0.05) is 31.4 Å². The number of nitrogens with one attached hydrogen (secondary N) is 1. The minimum absolute atomic E-state index is 0.0436. The summed E-state index contributed by atoms with van der Waals surface area (Å²) < 4.78 is 0.661. The maximum absolute atomic E-state index is 11.1. The topological polar surface area (TPSA) is 71.3 Å². The van der Waals surface area contributed by atoms with E-state index in [-0.39, 0.29) is 16.1 Å². The minimum Gasteiger partial charge on any atom is -0.362 e. The lowest BCUT2D eigenvalue weighted by molar-refractivity contribution is -0.384. The third kappa shape index (κ3) is 2.62. The lowest BCUT2D eigenvalue weighted by atomic mass is 10.0. The van der Waals surface area contributed by atoms with Gasteiger partial charge in [0.15, 0.2) is 0 Å². The van der Waals surface area contributed by atoms with E-state index in [1.54, 1.807) is 6.20 Å². The molecule has 18 heavy (non-hydrogen) atoms. The Kier molecular flexibility index (Phi) is 3.54. The average Bonchev–Trinajstić information content (AvgIpc) is 2.27. The number of hydrogen-bond acceptors (Lipinski definition) is 5. The molecule has 0 aliphatic carbocycles. The SMILES string of the molecule is CC1(C)CN(c2c(Br)cncc2[N+](=O)[O-])CCN1. The standard InChI is InChI=1S/C11H15BrN4O2/c1-11(2)7-15(4-3-14-11)10-8(12)5-13-6-9(10)16(17)18/h5-6,14H,3-4,7H2,1-2H3. The fraction of sp³-hybridized carbons (Fsp3) is 0.545. The van der Waals surface area contributed by atoms with E-state index in [1.165, 1.54) is 6.20 Å². The molecule has 0 atom stereocenters. The summed E-state index contributed by atoms with van der Waals surface area (Å²) in [6, 6.07) is 0. The highest BCUT2D eigenvalue weighted by molar-refractivity contribution is 9.10. The summed E-state index contributed by atoms with van der Waals surface area (Å²) in [6.07, 6.45) is 2.90. The Morgan fingerprint density at radius 2 is 2.28 bits per heavy atom. The molecule has 0 bridgehead atoms. The van der Waals surface area contributed by atoms with Crippen molar-refractivity contribution in [3.05, 3.63) is 27.0 Å².